The number of carbonyl (C=O) groups is 1. The first-order valence-corrected chi connectivity index (χ1v) is 7.70. The Morgan fingerprint density at radius 3 is 2.43 bits per heavy atom. The van der Waals surface area contributed by atoms with E-state index in [-0.39, 0.29) is 24.0 Å². The van der Waals surface area contributed by atoms with Gasteiger partial charge in [-0.2, -0.15) is 0 Å². The Hall–Kier alpha value is -1.10. The van der Waals surface area contributed by atoms with Gasteiger partial charge in [-0.1, -0.05) is 30.7 Å². The van der Waals surface area contributed by atoms with Gasteiger partial charge in [-0.05, 0) is 43.6 Å². The zero-order valence-corrected chi connectivity index (χ0v) is 13.5. The molecule has 1 aliphatic heterocycles. The van der Waals surface area contributed by atoms with Crippen molar-refractivity contribution in [2.45, 2.75) is 26.0 Å². The van der Waals surface area contributed by atoms with E-state index in [2.05, 4.69) is 10.6 Å². The van der Waals surface area contributed by atoms with E-state index in [1.54, 1.807) is 7.11 Å². The molecule has 4 nitrogen and oxygen atoms in total. The third-order valence-electron chi connectivity index (χ3n) is 4.21. The number of benzene rings is 1. The lowest BCUT2D eigenvalue weighted by molar-refractivity contribution is -0.128. The van der Waals surface area contributed by atoms with Gasteiger partial charge < -0.3 is 15.4 Å². The first-order chi connectivity index (χ1) is 10.0. The van der Waals surface area contributed by atoms with Gasteiger partial charge >= 0.3 is 0 Å². The topological polar surface area (TPSA) is 50.4 Å². The summed E-state index contributed by atoms with van der Waals surface area (Å²) in [5.74, 6) is 0.551. The van der Waals surface area contributed by atoms with Crippen molar-refractivity contribution in [3.63, 3.8) is 0 Å². The standard InChI is InChI=1S/C16H23ClN2O2/c1-10(13-8-18-9-13)16(20)19-11(2)15(21-3)12-4-6-14(17)7-5-12/h4-7,10-11,13,15,18H,8-9H2,1-3H3,(H,19,20). The smallest absolute Gasteiger partial charge is 0.223 e. The lowest BCUT2D eigenvalue weighted by atomic mass is 9.88. The predicted molar refractivity (Wildman–Crippen MR) is 84.3 cm³/mol. The molecule has 0 radical (unpaired) electrons. The van der Waals surface area contributed by atoms with Crippen molar-refractivity contribution in [1.82, 2.24) is 10.6 Å². The fourth-order valence-electron chi connectivity index (χ4n) is 2.59. The molecule has 1 saturated heterocycles. The predicted octanol–water partition coefficient (Wildman–Crippen LogP) is 2.39. The molecular formula is C16H23ClN2O2. The number of nitrogens with one attached hydrogen (secondary N) is 2. The van der Waals surface area contributed by atoms with Crippen LogP contribution in [0, 0.1) is 11.8 Å². The maximum atomic E-state index is 12.3. The Balaban J connectivity index is 1.97. The summed E-state index contributed by atoms with van der Waals surface area (Å²) in [7, 11) is 1.65. The average molecular weight is 311 g/mol. The number of hydrogen-bond donors (Lipinski definition) is 2. The van der Waals surface area contributed by atoms with Crippen LogP contribution in [-0.2, 0) is 9.53 Å². The molecule has 1 fully saturated rings. The van der Waals surface area contributed by atoms with Crippen LogP contribution in [0.5, 0.6) is 0 Å². The van der Waals surface area contributed by atoms with E-state index < -0.39 is 0 Å². The second kappa shape index (κ2) is 7.25. The number of amides is 1. The average Bonchev–Trinajstić information content (AvgIpc) is 2.39. The van der Waals surface area contributed by atoms with Crippen LogP contribution in [0.1, 0.15) is 25.5 Å². The van der Waals surface area contributed by atoms with Crippen LogP contribution < -0.4 is 10.6 Å². The summed E-state index contributed by atoms with van der Waals surface area (Å²) >= 11 is 5.91. The summed E-state index contributed by atoms with van der Waals surface area (Å²) in [5.41, 5.74) is 1.01. The molecule has 3 atom stereocenters. The molecule has 0 aliphatic carbocycles. The molecule has 1 aliphatic rings. The molecule has 1 aromatic carbocycles. The molecule has 21 heavy (non-hydrogen) atoms. The lowest BCUT2D eigenvalue weighted by Gasteiger charge is -2.33. The molecule has 1 amide bonds. The Morgan fingerprint density at radius 1 is 1.33 bits per heavy atom. The van der Waals surface area contributed by atoms with Crippen molar-refractivity contribution in [3.05, 3.63) is 34.9 Å². The maximum absolute atomic E-state index is 12.3. The van der Waals surface area contributed by atoms with Crippen molar-refractivity contribution >= 4 is 17.5 Å². The van der Waals surface area contributed by atoms with Gasteiger partial charge in [0.25, 0.3) is 0 Å². The van der Waals surface area contributed by atoms with Crippen LogP contribution >= 0.6 is 11.6 Å². The SMILES string of the molecule is COC(c1ccc(Cl)cc1)C(C)NC(=O)C(C)C1CNC1. The van der Waals surface area contributed by atoms with Gasteiger partial charge in [0.15, 0.2) is 0 Å². The molecule has 1 aromatic rings. The largest absolute Gasteiger partial charge is 0.375 e. The van der Waals surface area contributed by atoms with E-state index in [1.165, 1.54) is 0 Å². The Kier molecular flexibility index (Phi) is 5.62. The second-order valence-electron chi connectivity index (χ2n) is 5.71. The highest BCUT2D eigenvalue weighted by molar-refractivity contribution is 6.30. The monoisotopic (exact) mass is 310 g/mol. The van der Waals surface area contributed by atoms with Gasteiger partial charge in [-0.15, -0.1) is 0 Å². The Bertz CT molecular complexity index is 474. The molecule has 116 valence electrons. The van der Waals surface area contributed by atoms with Gasteiger partial charge in [0, 0.05) is 18.1 Å². The fraction of sp³-hybridized carbons (Fsp3) is 0.562. The molecule has 0 saturated carbocycles. The zero-order chi connectivity index (χ0) is 15.4. The van der Waals surface area contributed by atoms with Crippen LogP contribution in [0.25, 0.3) is 0 Å². The summed E-state index contributed by atoms with van der Waals surface area (Å²) in [4.78, 5) is 12.3. The van der Waals surface area contributed by atoms with Crippen LogP contribution in [0.2, 0.25) is 5.02 Å². The van der Waals surface area contributed by atoms with Crippen molar-refractivity contribution in [2.24, 2.45) is 11.8 Å². The highest BCUT2D eigenvalue weighted by atomic mass is 35.5. The van der Waals surface area contributed by atoms with Gasteiger partial charge in [0.2, 0.25) is 5.91 Å². The molecule has 5 heteroatoms. The maximum Gasteiger partial charge on any atom is 0.223 e. The molecule has 0 spiro atoms. The molecule has 3 unspecified atom stereocenters. The molecule has 2 rings (SSSR count). The summed E-state index contributed by atoms with van der Waals surface area (Å²) in [5, 5.41) is 6.96. The first-order valence-electron chi connectivity index (χ1n) is 7.32. The minimum atomic E-state index is -0.182. The lowest BCUT2D eigenvalue weighted by Crippen LogP contribution is -2.51. The minimum absolute atomic E-state index is 0.0245. The summed E-state index contributed by atoms with van der Waals surface area (Å²) in [6.07, 6.45) is -0.182. The van der Waals surface area contributed by atoms with Gasteiger partial charge in [-0.3, -0.25) is 4.79 Å². The number of halogens is 1. The van der Waals surface area contributed by atoms with E-state index in [1.807, 2.05) is 38.1 Å². The van der Waals surface area contributed by atoms with Crippen molar-refractivity contribution in [3.8, 4) is 0 Å². The molecule has 1 heterocycles. The number of rotatable bonds is 6. The third kappa shape index (κ3) is 3.96. The Labute approximate surface area is 131 Å². The first kappa shape index (κ1) is 16.3. The minimum Gasteiger partial charge on any atom is -0.375 e. The number of ether oxygens (including phenoxy) is 1. The van der Waals surface area contributed by atoms with E-state index in [4.69, 9.17) is 16.3 Å². The van der Waals surface area contributed by atoms with Crippen molar-refractivity contribution < 1.29 is 9.53 Å². The van der Waals surface area contributed by atoms with Crippen LogP contribution in [0.3, 0.4) is 0 Å². The summed E-state index contributed by atoms with van der Waals surface area (Å²) < 4.78 is 5.55. The van der Waals surface area contributed by atoms with Crippen molar-refractivity contribution in [2.75, 3.05) is 20.2 Å². The fourth-order valence-corrected chi connectivity index (χ4v) is 2.72. The van der Waals surface area contributed by atoms with E-state index >= 15 is 0 Å². The second-order valence-corrected chi connectivity index (χ2v) is 6.15. The molecule has 0 bridgehead atoms. The van der Waals surface area contributed by atoms with Gasteiger partial charge in [0.1, 0.15) is 6.10 Å². The zero-order valence-electron chi connectivity index (χ0n) is 12.7. The molecular weight excluding hydrogens is 288 g/mol. The normalized spacial score (nSPS) is 19.4. The number of carbonyl (C=O) groups excluding carboxylic acids is 1. The van der Waals surface area contributed by atoms with Crippen LogP contribution in [-0.4, -0.2) is 32.1 Å². The van der Waals surface area contributed by atoms with Gasteiger partial charge in [0.05, 0.1) is 6.04 Å². The van der Waals surface area contributed by atoms with Crippen LogP contribution in [0.4, 0.5) is 0 Å². The molecule has 0 aromatic heterocycles. The Morgan fingerprint density at radius 2 is 1.95 bits per heavy atom. The molecule has 2 N–H and O–H groups in total. The van der Waals surface area contributed by atoms with Crippen molar-refractivity contribution in [1.29, 1.82) is 0 Å². The number of hydrogen-bond acceptors (Lipinski definition) is 3. The van der Waals surface area contributed by atoms with E-state index in [0.29, 0.717) is 10.9 Å². The third-order valence-corrected chi connectivity index (χ3v) is 4.46. The highest BCUT2D eigenvalue weighted by Gasteiger charge is 2.30. The number of methoxy groups -OCH3 is 1. The van der Waals surface area contributed by atoms with Gasteiger partial charge in [-0.25, -0.2) is 0 Å². The summed E-state index contributed by atoms with van der Waals surface area (Å²) in [6, 6.07) is 7.43. The highest BCUT2D eigenvalue weighted by Crippen LogP contribution is 2.23. The quantitative estimate of drug-likeness (QED) is 0.848. The van der Waals surface area contributed by atoms with E-state index in [9.17, 15) is 4.79 Å². The van der Waals surface area contributed by atoms with E-state index in [0.717, 1.165) is 18.7 Å². The summed E-state index contributed by atoms with van der Waals surface area (Å²) in [6.45, 7) is 5.80. The van der Waals surface area contributed by atoms with Crippen LogP contribution in [0.15, 0.2) is 24.3 Å².